The Kier molecular flexibility index (Phi) is 4.77. The van der Waals surface area contributed by atoms with Gasteiger partial charge >= 0.3 is 0 Å². The van der Waals surface area contributed by atoms with Crippen LogP contribution in [0.4, 0.5) is 0 Å². The molecule has 1 aliphatic carbocycles. The third-order valence-corrected chi connectivity index (χ3v) is 3.72. The monoisotopic (exact) mass is 262 g/mol. The van der Waals surface area contributed by atoms with Crippen LogP contribution in [0, 0.1) is 0 Å². The summed E-state index contributed by atoms with van der Waals surface area (Å²) in [6.07, 6.45) is 7.59. The first kappa shape index (κ1) is 13.8. The van der Waals surface area contributed by atoms with Gasteiger partial charge in [0.1, 0.15) is 0 Å². The maximum absolute atomic E-state index is 12.4. The van der Waals surface area contributed by atoms with Crippen molar-refractivity contribution >= 4 is 5.91 Å². The van der Waals surface area contributed by atoms with E-state index < -0.39 is 0 Å². The molecule has 1 amide bonds. The first-order valence-corrected chi connectivity index (χ1v) is 7.08. The van der Waals surface area contributed by atoms with Gasteiger partial charge < -0.3 is 9.64 Å². The highest BCUT2D eigenvalue weighted by Crippen LogP contribution is 2.23. The Labute approximate surface area is 114 Å². The van der Waals surface area contributed by atoms with Crippen LogP contribution in [0.25, 0.3) is 0 Å². The molecule has 0 aliphatic heterocycles. The fourth-order valence-corrected chi connectivity index (χ4v) is 2.58. The summed E-state index contributed by atoms with van der Waals surface area (Å²) in [5.74, 6) is 0.627. The molecule has 0 unspecified atom stereocenters. The van der Waals surface area contributed by atoms with Gasteiger partial charge in [-0.15, -0.1) is 0 Å². The molecule has 1 aromatic rings. The van der Waals surface area contributed by atoms with Gasteiger partial charge in [-0.05, 0) is 25.8 Å². The quantitative estimate of drug-likeness (QED) is 0.838. The lowest BCUT2D eigenvalue weighted by Gasteiger charge is -2.31. The predicted octanol–water partition coefficient (Wildman–Crippen LogP) is 2.89. The molecule has 1 heterocycles. The molecular formula is C15H22N2O2. The van der Waals surface area contributed by atoms with Gasteiger partial charge in [0.15, 0.2) is 0 Å². The molecule has 2 rings (SSSR count). The lowest BCUT2D eigenvalue weighted by atomic mass is 9.94. The van der Waals surface area contributed by atoms with Crippen molar-refractivity contribution in [1.82, 2.24) is 9.88 Å². The number of carbonyl (C=O) groups is 1. The average Bonchev–Trinajstić information content (AvgIpc) is 2.48. The number of ether oxygens (including phenoxy) is 1. The Hall–Kier alpha value is -1.58. The van der Waals surface area contributed by atoms with Crippen LogP contribution < -0.4 is 4.74 Å². The zero-order valence-electron chi connectivity index (χ0n) is 11.8. The van der Waals surface area contributed by atoms with Crippen molar-refractivity contribution in [3.05, 3.63) is 23.9 Å². The zero-order valence-corrected chi connectivity index (χ0v) is 11.8. The molecule has 0 radical (unpaired) electrons. The highest BCUT2D eigenvalue weighted by Gasteiger charge is 2.23. The molecule has 1 saturated carbocycles. The van der Waals surface area contributed by atoms with E-state index in [1.54, 1.807) is 18.3 Å². The summed E-state index contributed by atoms with van der Waals surface area (Å²) >= 11 is 0. The predicted molar refractivity (Wildman–Crippen MR) is 74.4 cm³/mol. The number of hydrogen-bond acceptors (Lipinski definition) is 3. The number of pyridine rings is 1. The number of aromatic nitrogens is 1. The Morgan fingerprint density at radius 2 is 2.11 bits per heavy atom. The van der Waals surface area contributed by atoms with Crippen LogP contribution in [-0.4, -0.2) is 35.5 Å². The minimum absolute atomic E-state index is 0.0578. The topological polar surface area (TPSA) is 42.4 Å². The number of nitrogens with zero attached hydrogens (tertiary/aromatic N) is 2. The van der Waals surface area contributed by atoms with Gasteiger partial charge in [-0.25, -0.2) is 4.98 Å². The van der Waals surface area contributed by atoms with Crippen molar-refractivity contribution in [1.29, 1.82) is 0 Å². The lowest BCUT2D eigenvalue weighted by molar-refractivity contribution is 0.0696. The number of amides is 1. The molecule has 0 saturated heterocycles. The second kappa shape index (κ2) is 6.55. The Morgan fingerprint density at radius 1 is 1.37 bits per heavy atom. The van der Waals surface area contributed by atoms with Crippen LogP contribution in [0.1, 0.15) is 49.4 Å². The fraction of sp³-hybridized carbons (Fsp3) is 0.600. The fourth-order valence-electron chi connectivity index (χ4n) is 2.58. The number of hydrogen-bond donors (Lipinski definition) is 0. The molecular weight excluding hydrogens is 240 g/mol. The van der Waals surface area contributed by atoms with Crippen molar-refractivity contribution in [2.24, 2.45) is 0 Å². The molecule has 104 valence electrons. The molecule has 1 fully saturated rings. The van der Waals surface area contributed by atoms with Crippen molar-refractivity contribution in [3.8, 4) is 5.88 Å². The first-order chi connectivity index (χ1) is 9.22. The van der Waals surface area contributed by atoms with E-state index in [0.717, 1.165) is 12.8 Å². The molecule has 1 aliphatic rings. The van der Waals surface area contributed by atoms with Crippen molar-refractivity contribution < 1.29 is 9.53 Å². The third kappa shape index (κ3) is 3.46. The number of rotatable bonds is 4. The van der Waals surface area contributed by atoms with Gasteiger partial charge in [0.05, 0.1) is 12.2 Å². The summed E-state index contributed by atoms with van der Waals surface area (Å²) in [5.41, 5.74) is 0.636. The van der Waals surface area contributed by atoms with Crippen molar-refractivity contribution in [2.45, 2.75) is 45.1 Å². The highest BCUT2D eigenvalue weighted by molar-refractivity contribution is 5.94. The average molecular weight is 262 g/mol. The van der Waals surface area contributed by atoms with Crippen LogP contribution in [0.5, 0.6) is 5.88 Å². The smallest absolute Gasteiger partial charge is 0.255 e. The minimum atomic E-state index is 0.0578. The van der Waals surface area contributed by atoms with E-state index in [2.05, 4.69) is 4.98 Å². The molecule has 0 spiro atoms. The zero-order chi connectivity index (χ0) is 13.7. The molecule has 1 aromatic heterocycles. The van der Waals surface area contributed by atoms with Crippen molar-refractivity contribution in [2.75, 3.05) is 13.7 Å². The number of carbonyl (C=O) groups excluding carboxylic acids is 1. The van der Waals surface area contributed by atoms with Crippen molar-refractivity contribution in [3.63, 3.8) is 0 Å². The van der Waals surface area contributed by atoms with E-state index in [9.17, 15) is 4.79 Å². The summed E-state index contributed by atoms with van der Waals surface area (Å²) in [6.45, 7) is 2.50. The van der Waals surface area contributed by atoms with E-state index in [1.165, 1.54) is 19.3 Å². The van der Waals surface area contributed by atoms with Gasteiger partial charge in [0, 0.05) is 25.4 Å². The van der Waals surface area contributed by atoms with Gasteiger partial charge in [-0.3, -0.25) is 4.79 Å². The summed E-state index contributed by atoms with van der Waals surface area (Å²) in [5, 5.41) is 0. The van der Waals surface area contributed by atoms with E-state index in [0.29, 0.717) is 24.1 Å². The normalized spacial score (nSPS) is 16.1. The van der Waals surface area contributed by atoms with E-state index in [-0.39, 0.29) is 5.91 Å². The molecule has 19 heavy (non-hydrogen) atoms. The van der Waals surface area contributed by atoms with Gasteiger partial charge in [-0.1, -0.05) is 19.3 Å². The largest absolute Gasteiger partial charge is 0.478 e. The Morgan fingerprint density at radius 3 is 2.68 bits per heavy atom. The van der Waals surface area contributed by atoms with E-state index in [1.807, 2.05) is 18.9 Å². The molecule has 4 nitrogen and oxygen atoms in total. The molecule has 0 bridgehead atoms. The second-order valence-electron chi connectivity index (χ2n) is 5.03. The minimum Gasteiger partial charge on any atom is -0.478 e. The maximum Gasteiger partial charge on any atom is 0.255 e. The Bertz CT molecular complexity index is 411. The summed E-state index contributed by atoms with van der Waals surface area (Å²) in [7, 11) is 1.90. The molecule has 0 atom stereocenters. The lowest BCUT2D eigenvalue weighted by Crippen LogP contribution is -2.38. The molecule has 0 aromatic carbocycles. The summed E-state index contributed by atoms with van der Waals surface area (Å²) in [6, 6.07) is 3.93. The van der Waals surface area contributed by atoms with Crippen LogP contribution >= 0.6 is 0 Å². The standard InChI is InChI=1S/C15H22N2O2/c1-3-19-14-10-9-12(11-16-14)15(18)17(2)13-7-5-4-6-8-13/h9-11,13H,3-8H2,1-2H3. The van der Waals surface area contributed by atoms with E-state index >= 15 is 0 Å². The van der Waals surface area contributed by atoms with Crippen LogP contribution in [0.3, 0.4) is 0 Å². The van der Waals surface area contributed by atoms with Crippen LogP contribution in [0.2, 0.25) is 0 Å². The van der Waals surface area contributed by atoms with Gasteiger partial charge in [-0.2, -0.15) is 0 Å². The summed E-state index contributed by atoms with van der Waals surface area (Å²) in [4.78, 5) is 18.4. The van der Waals surface area contributed by atoms with Crippen LogP contribution in [0.15, 0.2) is 18.3 Å². The van der Waals surface area contributed by atoms with Gasteiger partial charge in [0.2, 0.25) is 5.88 Å². The Balaban J connectivity index is 2.01. The first-order valence-electron chi connectivity index (χ1n) is 7.08. The highest BCUT2D eigenvalue weighted by atomic mass is 16.5. The van der Waals surface area contributed by atoms with Crippen LogP contribution in [-0.2, 0) is 0 Å². The molecule has 0 N–H and O–H groups in total. The maximum atomic E-state index is 12.4. The summed E-state index contributed by atoms with van der Waals surface area (Å²) < 4.78 is 5.28. The van der Waals surface area contributed by atoms with E-state index in [4.69, 9.17) is 4.74 Å². The molecule has 4 heteroatoms. The third-order valence-electron chi connectivity index (χ3n) is 3.72. The van der Waals surface area contributed by atoms with Gasteiger partial charge in [0.25, 0.3) is 5.91 Å². The second-order valence-corrected chi connectivity index (χ2v) is 5.03. The SMILES string of the molecule is CCOc1ccc(C(=O)N(C)C2CCCCC2)cn1.